The van der Waals surface area contributed by atoms with E-state index in [0.717, 1.165) is 4.90 Å². The van der Waals surface area contributed by atoms with Crippen LogP contribution in [0.1, 0.15) is 18.0 Å². The molecule has 1 unspecified atom stereocenters. The van der Waals surface area contributed by atoms with Crippen LogP contribution in [-0.2, 0) is 14.2 Å². The van der Waals surface area contributed by atoms with E-state index in [0.29, 0.717) is 16.3 Å². The summed E-state index contributed by atoms with van der Waals surface area (Å²) in [5, 5.41) is 22.6. The van der Waals surface area contributed by atoms with Crippen LogP contribution in [0.3, 0.4) is 0 Å². The average molecular weight is 447 g/mol. The number of carbonyl (C=O) groups excluding carboxylic acids is 2. The van der Waals surface area contributed by atoms with E-state index in [-0.39, 0.29) is 6.29 Å². The Balaban J connectivity index is 2.21. The second kappa shape index (κ2) is 10.7. The first-order chi connectivity index (χ1) is 14.6. The molecule has 2 aromatic rings. The van der Waals surface area contributed by atoms with Crippen LogP contribution >= 0.6 is 7.14 Å². The highest BCUT2D eigenvalue weighted by molar-refractivity contribution is 7.62. The van der Waals surface area contributed by atoms with Crippen LogP contribution in [-0.4, -0.2) is 64.3 Å². The van der Waals surface area contributed by atoms with Gasteiger partial charge in [0.15, 0.2) is 0 Å². The van der Waals surface area contributed by atoms with Gasteiger partial charge in [-0.05, 0) is 31.0 Å². The number of anilines is 1. The highest BCUT2D eigenvalue weighted by atomic mass is 31.2. The van der Waals surface area contributed by atoms with Crippen LogP contribution in [0.25, 0.3) is 0 Å². The summed E-state index contributed by atoms with van der Waals surface area (Å²) in [5.41, 5.74) is 0.915. The van der Waals surface area contributed by atoms with Gasteiger partial charge in [-0.3, -0.25) is 14.8 Å². The van der Waals surface area contributed by atoms with Gasteiger partial charge in [-0.1, -0.05) is 48.5 Å². The molecule has 0 saturated carbocycles. The number of carboxylic acid groups (broad SMARTS) is 1. The molecule has 9 nitrogen and oxygen atoms in total. The van der Waals surface area contributed by atoms with Crippen molar-refractivity contribution in [2.75, 3.05) is 31.5 Å². The Morgan fingerprint density at radius 1 is 1.00 bits per heavy atom. The SMILES string of the molecule is CP(C)(=O)CN(CC(=O)N(O)C(CC(=O)O)c1ccccc1)C(=O)Nc1ccccc1. The highest BCUT2D eigenvalue weighted by Crippen LogP contribution is 2.36. The van der Waals surface area contributed by atoms with Crippen LogP contribution in [0.4, 0.5) is 10.5 Å². The van der Waals surface area contributed by atoms with E-state index in [1.807, 2.05) is 0 Å². The lowest BCUT2D eigenvalue weighted by Gasteiger charge is -2.29. The van der Waals surface area contributed by atoms with Crippen molar-refractivity contribution in [1.29, 1.82) is 0 Å². The van der Waals surface area contributed by atoms with Crippen molar-refractivity contribution in [3.63, 3.8) is 0 Å². The first kappa shape index (κ1) is 24.1. The summed E-state index contributed by atoms with van der Waals surface area (Å²) in [4.78, 5) is 37.8. The Morgan fingerprint density at radius 2 is 1.55 bits per heavy atom. The number of aliphatic carboxylic acids is 1. The Kier molecular flexibility index (Phi) is 8.36. The highest BCUT2D eigenvalue weighted by Gasteiger charge is 2.30. The summed E-state index contributed by atoms with van der Waals surface area (Å²) in [6.07, 6.45) is -0.720. The van der Waals surface area contributed by atoms with Crippen molar-refractivity contribution in [2.45, 2.75) is 12.5 Å². The van der Waals surface area contributed by atoms with Gasteiger partial charge in [-0.15, -0.1) is 0 Å². The molecule has 0 spiro atoms. The minimum absolute atomic E-state index is 0.194. The fourth-order valence-corrected chi connectivity index (χ4v) is 3.97. The van der Waals surface area contributed by atoms with Crippen molar-refractivity contribution in [3.8, 4) is 0 Å². The minimum atomic E-state index is -2.75. The van der Waals surface area contributed by atoms with Crippen molar-refractivity contribution in [2.24, 2.45) is 0 Å². The predicted octanol–water partition coefficient (Wildman–Crippen LogP) is 3.53. The summed E-state index contributed by atoms with van der Waals surface area (Å²) >= 11 is 0. The molecule has 3 amide bonds. The van der Waals surface area contributed by atoms with E-state index < -0.39 is 44.1 Å². The van der Waals surface area contributed by atoms with Gasteiger partial charge in [0.2, 0.25) is 0 Å². The summed E-state index contributed by atoms with van der Waals surface area (Å²) in [6, 6.07) is 15.0. The van der Waals surface area contributed by atoms with Crippen LogP contribution in [0.15, 0.2) is 60.7 Å². The molecule has 1 atom stereocenters. The summed E-state index contributed by atoms with van der Waals surface area (Å²) in [6.45, 7) is 2.38. The van der Waals surface area contributed by atoms with Crippen molar-refractivity contribution in [3.05, 3.63) is 66.2 Å². The fraction of sp³-hybridized carbons (Fsp3) is 0.286. The smallest absolute Gasteiger partial charge is 0.322 e. The molecule has 31 heavy (non-hydrogen) atoms. The third-order valence-corrected chi connectivity index (χ3v) is 5.28. The van der Waals surface area contributed by atoms with Gasteiger partial charge >= 0.3 is 12.0 Å². The zero-order valence-corrected chi connectivity index (χ0v) is 18.2. The van der Waals surface area contributed by atoms with Gasteiger partial charge in [-0.25, -0.2) is 9.86 Å². The van der Waals surface area contributed by atoms with E-state index >= 15 is 0 Å². The third-order valence-electron chi connectivity index (χ3n) is 4.25. The number of rotatable bonds is 9. The van der Waals surface area contributed by atoms with E-state index in [4.69, 9.17) is 0 Å². The lowest BCUT2D eigenvalue weighted by molar-refractivity contribution is -0.179. The molecule has 0 aliphatic carbocycles. The molecule has 0 aliphatic heterocycles. The zero-order chi connectivity index (χ0) is 23.0. The van der Waals surface area contributed by atoms with Crippen molar-refractivity contribution in [1.82, 2.24) is 9.96 Å². The lowest BCUT2D eigenvalue weighted by atomic mass is 10.0. The monoisotopic (exact) mass is 447 g/mol. The maximum Gasteiger partial charge on any atom is 0.322 e. The summed E-state index contributed by atoms with van der Waals surface area (Å²) in [5.74, 6) is -2.10. The molecule has 0 radical (unpaired) electrons. The normalized spacial score (nSPS) is 12.0. The predicted molar refractivity (Wildman–Crippen MR) is 117 cm³/mol. The first-order valence-corrected chi connectivity index (χ1v) is 12.3. The topological polar surface area (TPSA) is 127 Å². The van der Waals surface area contributed by atoms with Crippen LogP contribution in [0, 0.1) is 0 Å². The maximum absolute atomic E-state index is 12.8. The number of carboxylic acids is 1. The van der Waals surface area contributed by atoms with E-state index in [9.17, 15) is 29.3 Å². The molecule has 0 saturated heterocycles. The number of para-hydroxylation sites is 1. The lowest BCUT2D eigenvalue weighted by Crippen LogP contribution is -2.45. The Bertz CT molecular complexity index is 948. The Morgan fingerprint density at radius 3 is 2.06 bits per heavy atom. The quantitative estimate of drug-likeness (QED) is 0.307. The van der Waals surface area contributed by atoms with Crippen LogP contribution in [0.2, 0.25) is 0 Å². The van der Waals surface area contributed by atoms with Gasteiger partial charge in [0.1, 0.15) is 13.7 Å². The largest absolute Gasteiger partial charge is 0.481 e. The van der Waals surface area contributed by atoms with Crippen molar-refractivity contribution < 1.29 is 29.3 Å². The minimum Gasteiger partial charge on any atom is -0.481 e. The van der Waals surface area contributed by atoms with Gasteiger partial charge in [0, 0.05) is 5.69 Å². The third kappa shape index (κ3) is 7.88. The van der Waals surface area contributed by atoms with E-state index in [2.05, 4.69) is 5.32 Å². The maximum atomic E-state index is 12.8. The molecule has 10 heteroatoms. The first-order valence-electron chi connectivity index (χ1n) is 9.49. The van der Waals surface area contributed by atoms with Crippen molar-refractivity contribution >= 4 is 30.7 Å². The molecule has 0 aromatic heterocycles. The zero-order valence-electron chi connectivity index (χ0n) is 17.3. The number of urea groups is 1. The number of nitrogens with zero attached hydrogens (tertiary/aromatic N) is 2. The molecule has 0 fully saturated rings. The van der Waals surface area contributed by atoms with Gasteiger partial charge in [0.25, 0.3) is 5.91 Å². The number of benzene rings is 2. The average Bonchev–Trinajstić information content (AvgIpc) is 2.71. The number of nitrogens with one attached hydrogen (secondary N) is 1. The molecule has 166 valence electrons. The Hall–Kier alpha value is -3.16. The second-order valence-corrected chi connectivity index (χ2v) is 10.9. The number of hydroxylamine groups is 2. The number of amides is 3. The van der Waals surface area contributed by atoms with Gasteiger partial charge < -0.3 is 19.9 Å². The van der Waals surface area contributed by atoms with Crippen LogP contribution < -0.4 is 5.32 Å². The molecular formula is C21H26N3O6P. The second-order valence-electron chi connectivity index (χ2n) is 7.47. The standard InChI is InChI=1S/C21H26N3O6P/c1-31(2,30)15-23(21(28)22-17-11-7-4-8-12-17)14-19(25)24(29)18(13-20(26)27)16-9-5-3-6-10-16/h3-12,18,29H,13-15H2,1-2H3,(H,22,28)(H,26,27). The molecule has 2 rings (SSSR count). The van der Waals surface area contributed by atoms with E-state index in [1.165, 1.54) is 13.3 Å². The summed E-state index contributed by atoms with van der Waals surface area (Å²) in [7, 11) is -2.75. The van der Waals surface area contributed by atoms with Gasteiger partial charge in [-0.2, -0.15) is 0 Å². The van der Waals surface area contributed by atoms with Gasteiger partial charge in [0.05, 0.1) is 18.7 Å². The van der Waals surface area contributed by atoms with Crippen LogP contribution in [0.5, 0.6) is 0 Å². The number of hydrogen-bond acceptors (Lipinski definition) is 5. The van der Waals surface area contributed by atoms with E-state index in [1.54, 1.807) is 60.7 Å². The number of carbonyl (C=O) groups is 3. The molecule has 2 aromatic carbocycles. The molecule has 0 bridgehead atoms. The number of hydrogen-bond donors (Lipinski definition) is 3. The molecule has 0 heterocycles. The molecule has 3 N–H and O–H groups in total. The molecule has 0 aliphatic rings. The Labute approximate surface area is 180 Å². The molecular weight excluding hydrogens is 421 g/mol. The summed E-state index contributed by atoms with van der Waals surface area (Å²) < 4.78 is 12.3. The fourth-order valence-electron chi connectivity index (χ4n) is 2.92.